The number of benzene rings is 1. The molecule has 0 aliphatic rings. The number of nitrogens with one attached hydrogen (secondary N) is 1. The minimum absolute atomic E-state index is 0.303. The summed E-state index contributed by atoms with van der Waals surface area (Å²) in [4.78, 5) is 10.4. The third-order valence-electron chi connectivity index (χ3n) is 1.61. The van der Waals surface area contributed by atoms with Crippen LogP contribution in [0.5, 0.6) is 0 Å². The number of primary amides is 1. The monoisotopic (exact) mass is 179 g/mol. The van der Waals surface area contributed by atoms with E-state index in [2.05, 4.69) is 5.32 Å². The standard InChI is InChI=1S/C9H13N3O/c10-7-1-3-8(4-2-7)12-6-5-9(11)13/h1-4,12H,5-6,10H2,(H2,11,13). The van der Waals surface area contributed by atoms with Crippen molar-refractivity contribution in [1.82, 2.24) is 0 Å². The summed E-state index contributed by atoms with van der Waals surface area (Å²) in [6.45, 7) is 0.555. The van der Waals surface area contributed by atoms with Crippen molar-refractivity contribution in [3.63, 3.8) is 0 Å². The third kappa shape index (κ3) is 3.46. The first-order valence-electron chi connectivity index (χ1n) is 4.06. The van der Waals surface area contributed by atoms with Crippen molar-refractivity contribution in [3.05, 3.63) is 24.3 Å². The summed E-state index contributed by atoms with van der Waals surface area (Å²) in [5.41, 5.74) is 12.1. The van der Waals surface area contributed by atoms with Crippen LogP contribution in [0, 0.1) is 0 Å². The highest BCUT2D eigenvalue weighted by atomic mass is 16.1. The van der Waals surface area contributed by atoms with E-state index in [1.807, 2.05) is 12.1 Å². The van der Waals surface area contributed by atoms with Crippen LogP contribution in [0.2, 0.25) is 0 Å². The van der Waals surface area contributed by atoms with Crippen molar-refractivity contribution in [2.75, 3.05) is 17.6 Å². The zero-order valence-electron chi connectivity index (χ0n) is 7.29. The number of nitrogens with two attached hydrogens (primary N) is 2. The summed E-state index contributed by atoms with van der Waals surface area (Å²) in [5.74, 6) is -0.303. The Morgan fingerprint density at radius 3 is 2.46 bits per heavy atom. The predicted octanol–water partition coefficient (Wildman–Crippen LogP) is 0.556. The first-order valence-corrected chi connectivity index (χ1v) is 4.06. The summed E-state index contributed by atoms with van der Waals surface area (Å²) in [5, 5.41) is 3.05. The van der Waals surface area contributed by atoms with E-state index in [-0.39, 0.29) is 5.91 Å². The summed E-state index contributed by atoms with van der Waals surface area (Å²) >= 11 is 0. The van der Waals surface area contributed by atoms with Crippen LogP contribution in [0.4, 0.5) is 11.4 Å². The molecular weight excluding hydrogens is 166 g/mol. The van der Waals surface area contributed by atoms with E-state index >= 15 is 0 Å². The van der Waals surface area contributed by atoms with E-state index in [0.717, 1.165) is 11.4 Å². The second kappa shape index (κ2) is 4.35. The van der Waals surface area contributed by atoms with E-state index in [0.29, 0.717) is 13.0 Å². The maximum Gasteiger partial charge on any atom is 0.219 e. The Morgan fingerprint density at radius 2 is 1.92 bits per heavy atom. The van der Waals surface area contributed by atoms with Crippen LogP contribution in [-0.4, -0.2) is 12.5 Å². The molecule has 4 heteroatoms. The van der Waals surface area contributed by atoms with Gasteiger partial charge in [0.25, 0.3) is 0 Å². The molecule has 70 valence electrons. The lowest BCUT2D eigenvalue weighted by atomic mass is 10.3. The lowest BCUT2D eigenvalue weighted by molar-refractivity contribution is -0.117. The Hall–Kier alpha value is -1.71. The van der Waals surface area contributed by atoms with Gasteiger partial charge in [-0.1, -0.05) is 0 Å². The molecular formula is C9H13N3O. The van der Waals surface area contributed by atoms with Gasteiger partial charge >= 0.3 is 0 Å². The minimum atomic E-state index is -0.303. The minimum Gasteiger partial charge on any atom is -0.399 e. The molecule has 1 aromatic carbocycles. The SMILES string of the molecule is NC(=O)CCNc1ccc(N)cc1. The fourth-order valence-corrected chi connectivity index (χ4v) is 0.931. The molecule has 0 bridgehead atoms. The molecule has 0 heterocycles. The highest BCUT2D eigenvalue weighted by Gasteiger charge is 1.94. The fourth-order valence-electron chi connectivity index (χ4n) is 0.931. The third-order valence-corrected chi connectivity index (χ3v) is 1.61. The van der Waals surface area contributed by atoms with Gasteiger partial charge in [0.15, 0.2) is 0 Å². The molecule has 4 nitrogen and oxygen atoms in total. The Morgan fingerprint density at radius 1 is 1.31 bits per heavy atom. The maximum atomic E-state index is 10.4. The molecule has 0 unspecified atom stereocenters. The van der Waals surface area contributed by atoms with Gasteiger partial charge in [0.2, 0.25) is 5.91 Å². The molecule has 0 aromatic heterocycles. The lowest BCUT2D eigenvalue weighted by Crippen LogP contribution is -2.15. The van der Waals surface area contributed by atoms with Crippen molar-refractivity contribution in [3.8, 4) is 0 Å². The number of anilines is 2. The average molecular weight is 179 g/mol. The van der Waals surface area contributed by atoms with Gasteiger partial charge in [-0.25, -0.2) is 0 Å². The molecule has 1 rings (SSSR count). The van der Waals surface area contributed by atoms with Gasteiger partial charge in [-0.2, -0.15) is 0 Å². The largest absolute Gasteiger partial charge is 0.399 e. The van der Waals surface area contributed by atoms with Crippen LogP contribution in [0.3, 0.4) is 0 Å². The summed E-state index contributed by atoms with van der Waals surface area (Å²) in [7, 11) is 0. The Labute approximate surface area is 76.9 Å². The van der Waals surface area contributed by atoms with Crippen LogP contribution in [-0.2, 0) is 4.79 Å². The topological polar surface area (TPSA) is 81.1 Å². The van der Waals surface area contributed by atoms with Crippen molar-refractivity contribution in [2.24, 2.45) is 5.73 Å². The first-order chi connectivity index (χ1) is 6.18. The fraction of sp³-hybridized carbons (Fsp3) is 0.222. The molecule has 0 aliphatic carbocycles. The second-order valence-electron chi connectivity index (χ2n) is 2.77. The molecule has 0 spiro atoms. The second-order valence-corrected chi connectivity index (χ2v) is 2.77. The van der Waals surface area contributed by atoms with E-state index in [4.69, 9.17) is 11.5 Å². The van der Waals surface area contributed by atoms with Gasteiger partial charge in [-0.15, -0.1) is 0 Å². The Balaban J connectivity index is 2.37. The molecule has 0 atom stereocenters. The maximum absolute atomic E-state index is 10.4. The van der Waals surface area contributed by atoms with Crippen molar-refractivity contribution in [1.29, 1.82) is 0 Å². The average Bonchev–Trinajstić information content (AvgIpc) is 2.08. The van der Waals surface area contributed by atoms with Gasteiger partial charge < -0.3 is 16.8 Å². The Kier molecular flexibility index (Phi) is 3.14. The molecule has 13 heavy (non-hydrogen) atoms. The lowest BCUT2D eigenvalue weighted by Gasteiger charge is -2.04. The Bertz CT molecular complexity index is 281. The molecule has 0 radical (unpaired) electrons. The summed E-state index contributed by atoms with van der Waals surface area (Å²) < 4.78 is 0. The van der Waals surface area contributed by atoms with Gasteiger partial charge in [-0.05, 0) is 24.3 Å². The molecule has 0 saturated carbocycles. The molecule has 0 fully saturated rings. The molecule has 1 aromatic rings. The van der Waals surface area contributed by atoms with Gasteiger partial charge in [0.05, 0.1) is 0 Å². The quantitative estimate of drug-likeness (QED) is 0.590. The van der Waals surface area contributed by atoms with Crippen molar-refractivity contribution < 1.29 is 4.79 Å². The number of carbonyl (C=O) groups excluding carboxylic acids is 1. The molecule has 1 amide bonds. The van der Waals surface area contributed by atoms with Crippen LogP contribution in [0.15, 0.2) is 24.3 Å². The number of amides is 1. The summed E-state index contributed by atoms with van der Waals surface area (Å²) in [6, 6.07) is 7.31. The predicted molar refractivity (Wildman–Crippen MR) is 53.2 cm³/mol. The molecule has 0 aliphatic heterocycles. The zero-order chi connectivity index (χ0) is 9.68. The van der Waals surface area contributed by atoms with E-state index in [1.54, 1.807) is 12.1 Å². The van der Waals surface area contributed by atoms with Crippen LogP contribution in [0.1, 0.15) is 6.42 Å². The first kappa shape index (κ1) is 9.38. The zero-order valence-corrected chi connectivity index (χ0v) is 7.29. The number of hydrogen-bond acceptors (Lipinski definition) is 3. The van der Waals surface area contributed by atoms with E-state index < -0.39 is 0 Å². The molecule has 0 saturated heterocycles. The normalized spacial score (nSPS) is 9.54. The number of carbonyl (C=O) groups is 1. The van der Waals surface area contributed by atoms with Gasteiger partial charge in [0.1, 0.15) is 0 Å². The van der Waals surface area contributed by atoms with Crippen LogP contribution >= 0.6 is 0 Å². The van der Waals surface area contributed by atoms with Gasteiger partial charge in [-0.3, -0.25) is 4.79 Å². The van der Waals surface area contributed by atoms with Crippen LogP contribution in [0.25, 0.3) is 0 Å². The van der Waals surface area contributed by atoms with Crippen LogP contribution < -0.4 is 16.8 Å². The van der Waals surface area contributed by atoms with E-state index in [9.17, 15) is 4.79 Å². The van der Waals surface area contributed by atoms with Crippen molar-refractivity contribution >= 4 is 17.3 Å². The highest BCUT2D eigenvalue weighted by Crippen LogP contribution is 2.09. The number of nitrogen functional groups attached to an aromatic ring is 1. The van der Waals surface area contributed by atoms with Gasteiger partial charge in [0, 0.05) is 24.3 Å². The van der Waals surface area contributed by atoms with Crippen molar-refractivity contribution in [2.45, 2.75) is 6.42 Å². The molecule has 5 N–H and O–H groups in total. The van der Waals surface area contributed by atoms with E-state index in [1.165, 1.54) is 0 Å². The summed E-state index contributed by atoms with van der Waals surface area (Å²) in [6.07, 6.45) is 0.338. The number of rotatable bonds is 4. The number of hydrogen-bond donors (Lipinski definition) is 3. The smallest absolute Gasteiger partial charge is 0.219 e. The highest BCUT2D eigenvalue weighted by molar-refractivity contribution is 5.74.